The van der Waals surface area contributed by atoms with Crippen molar-refractivity contribution in [1.29, 1.82) is 0 Å². The summed E-state index contributed by atoms with van der Waals surface area (Å²) in [5.74, 6) is 2.44. The molecule has 0 fully saturated rings. The van der Waals surface area contributed by atoms with Crippen molar-refractivity contribution >= 4 is 11.8 Å². The standard InChI is InChI=1S/C13H18N4O/c1-9-8-15-13(14-3)17-12(9)16-10(2)7-11-5-4-6-18-11/h4-6,8,10H,7H2,1-3H3,(H2,14,15,16,17). The van der Waals surface area contributed by atoms with Crippen LogP contribution < -0.4 is 10.6 Å². The summed E-state index contributed by atoms with van der Waals surface area (Å²) in [5, 5.41) is 6.30. The second-order valence-corrected chi connectivity index (χ2v) is 4.30. The summed E-state index contributed by atoms with van der Waals surface area (Å²) in [7, 11) is 1.81. The number of nitrogens with one attached hydrogen (secondary N) is 2. The van der Waals surface area contributed by atoms with Gasteiger partial charge in [-0.2, -0.15) is 4.98 Å². The molecule has 2 aromatic heterocycles. The summed E-state index contributed by atoms with van der Waals surface area (Å²) in [4.78, 5) is 8.56. The van der Waals surface area contributed by atoms with Crippen LogP contribution in [0, 0.1) is 6.92 Å². The lowest BCUT2D eigenvalue weighted by molar-refractivity contribution is 0.497. The first kappa shape index (κ1) is 12.4. The predicted octanol–water partition coefficient (Wildman–Crippen LogP) is 2.46. The van der Waals surface area contributed by atoms with E-state index in [1.807, 2.05) is 19.1 Å². The van der Waals surface area contributed by atoms with Gasteiger partial charge in [-0.05, 0) is 26.0 Å². The van der Waals surface area contributed by atoms with Gasteiger partial charge in [0.25, 0.3) is 0 Å². The highest BCUT2D eigenvalue weighted by Gasteiger charge is 2.09. The van der Waals surface area contributed by atoms with Crippen molar-refractivity contribution in [1.82, 2.24) is 9.97 Å². The average Bonchev–Trinajstić information content (AvgIpc) is 2.84. The molecule has 0 aromatic carbocycles. The molecular weight excluding hydrogens is 228 g/mol. The van der Waals surface area contributed by atoms with Crippen molar-refractivity contribution in [3.63, 3.8) is 0 Å². The zero-order valence-corrected chi connectivity index (χ0v) is 10.9. The minimum Gasteiger partial charge on any atom is -0.469 e. The molecule has 1 unspecified atom stereocenters. The largest absolute Gasteiger partial charge is 0.469 e. The molecule has 5 nitrogen and oxygen atoms in total. The number of nitrogens with zero attached hydrogens (tertiary/aromatic N) is 2. The highest BCUT2D eigenvalue weighted by Crippen LogP contribution is 2.15. The van der Waals surface area contributed by atoms with Crippen LogP contribution in [0.4, 0.5) is 11.8 Å². The molecule has 96 valence electrons. The van der Waals surface area contributed by atoms with E-state index in [2.05, 4.69) is 27.5 Å². The molecule has 2 rings (SSSR count). The van der Waals surface area contributed by atoms with Gasteiger partial charge in [0.1, 0.15) is 11.6 Å². The van der Waals surface area contributed by atoms with Crippen LogP contribution >= 0.6 is 0 Å². The molecule has 2 heterocycles. The molecule has 5 heteroatoms. The van der Waals surface area contributed by atoms with Gasteiger partial charge < -0.3 is 15.1 Å². The van der Waals surface area contributed by atoms with Crippen molar-refractivity contribution in [3.05, 3.63) is 35.9 Å². The Morgan fingerprint density at radius 3 is 2.94 bits per heavy atom. The molecule has 0 aliphatic carbocycles. The minimum atomic E-state index is 0.245. The van der Waals surface area contributed by atoms with Crippen molar-refractivity contribution in [3.8, 4) is 0 Å². The summed E-state index contributed by atoms with van der Waals surface area (Å²) < 4.78 is 5.33. The van der Waals surface area contributed by atoms with Crippen LogP contribution in [-0.4, -0.2) is 23.1 Å². The Bertz CT molecular complexity index is 496. The SMILES string of the molecule is CNc1ncc(C)c(NC(C)Cc2ccco2)n1. The summed E-state index contributed by atoms with van der Waals surface area (Å²) >= 11 is 0. The number of hydrogen-bond donors (Lipinski definition) is 2. The highest BCUT2D eigenvalue weighted by molar-refractivity contribution is 5.46. The van der Waals surface area contributed by atoms with Gasteiger partial charge in [0.05, 0.1) is 6.26 Å². The molecule has 18 heavy (non-hydrogen) atoms. The van der Waals surface area contributed by atoms with Gasteiger partial charge >= 0.3 is 0 Å². The van der Waals surface area contributed by atoms with E-state index in [9.17, 15) is 0 Å². The second-order valence-electron chi connectivity index (χ2n) is 4.30. The van der Waals surface area contributed by atoms with Gasteiger partial charge in [0, 0.05) is 31.3 Å². The lowest BCUT2D eigenvalue weighted by Crippen LogP contribution is -2.19. The first-order chi connectivity index (χ1) is 8.69. The van der Waals surface area contributed by atoms with Gasteiger partial charge in [0.2, 0.25) is 5.95 Å². The maximum absolute atomic E-state index is 5.33. The van der Waals surface area contributed by atoms with Crippen LogP contribution in [0.2, 0.25) is 0 Å². The van der Waals surface area contributed by atoms with E-state index in [4.69, 9.17) is 4.42 Å². The van der Waals surface area contributed by atoms with Crippen LogP contribution in [0.5, 0.6) is 0 Å². The molecule has 0 amide bonds. The number of hydrogen-bond acceptors (Lipinski definition) is 5. The summed E-state index contributed by atoms with van der Waals surface area (Å²) in [6, 6.07) is 4.12. The highest BCUT2D eigenvalue weighted by atomic mass is 16.3. The zero-order valence-electron chi connectivity index (χ0n) is 10.9. The fourth-order valence-corrected chi connectivity index (χ4v) is 1.72. The van der Waals surface area contributed by atoms with Gasteiger partial charge in [-0.1, -0.05) is 0 Å². The van der Waals surface area contributed by atoms with Crippen LogP contribution in [0.1, 0.15) is 18.2 Å². The van der Waals surface area contributed by atoms with Gasteiger partial charge in [0.15, 0.2) is 0 Å². The number of aromatic nitrogens is 2. The predicted molar refractivity (Wildman–Crippen MR) is 71.8 cm³/mol. The number of rotatable bonds is 5. The maximum atomic E-state index is 5.33. The quantitative estimate of drug-likeness (QED) is 0.848. The monoisotopic (exact) mass is 246 g/mol. The number of furan rings is 1. The lowest BCUT2D eigenvalue weighted by atomic mass is 10.2. The van der Waals surface area contributed by atoms with Crippen LogP contribution in [0.15, 0.2) is 29.0 Å². The second kappa shape index (κ2) is 5.53. The Labute approximate surface area is 107 Å². The number of aryl methyl sites for hydroxylation is 1. The summed E-state index contributed by atoms with van der Waals surface area (Å²) in [6.07, 6.45) is 4.32. The molecule has 0 aliphatic rings. The van der Waals surface area contributed by atoms with Crippen molar-refractivity contribution in [2.45, 2.75) is 26.3 Å². The van der Waals surface area contributed by atoms with E-state index in [0.717, 1.165) is 23.6 Å². The third-order valence-electron chi connectivity index (χ3n) is 2.67. The number of anilines is 2. The van der Waals surface area contributed by atoms with E-state index < -0.39 is 0 Å². The smallest absolute Gasteiger partial charge is 0.224 e. The lowest BCUT2D eigenvalue weighted by Gasteiger charge is -2.15. The van der Waals surface area contributed by atoms with Crippen LogP contribution in [-0.2, 0) is 6.42 Å². The Morgan fingerprint density at radius 1 is 1.44 bits per heavy atom. The van der Waals surface area contributed by atoms with Crippen molar-refractivity contribution < 1.29 is 4.42 Å². The average molecular weight is 246 g/mol. The molecular formula is C13H18N4O. The van der Waals surface area contributed by atoms with Gasteiger partial charge in [-0.25, -0.2) is 4.98 Å². The molecule has 0 aliphatic heterocycles. The van der Waals surface area contributed by atoms with E-state index in [0.29, 0.717) is 5.95 Å². The molecule has 2 N–H and O–H groups in total. The first-order valence-electron chi connectivity index (χ1n) is 5.99. The Kier molecular flexibility index (Phi) is 3.82. The van der Waals surface area contributed by atoms with E-state index >= 15 is 0 Å². The molecule has 0 bridgehead atoms. The normalized spacial score (nSPS) is 12.2. The van der Waals surface area contributed by atoms with Crippen LogP contribution in [0.25, 0.3) is 0 Å². The third-order valence-corrected chi connectivity index (χ3v) is 2.67. The molecule has 0 saturated carbocycles. The molecule has 2 aromatic rings. The van der Waals surface area contributed by atoms with Crippen molar-refractivity contribution in [2.75, 3.05) is 17.7 Å². The Morgan fingerprint density at radius 2 is 2.28 bits per heavy atom. The Hall–Kier alpha value is -2.04. The first-order valence-corrected chi connectivity index (χ1v) is 5.99. The zero-order chi connectivity index (χ0) is 13.0. The van der Waals surface area contributed by atoms with E-state index in [-0.39, 0.29) is 6.04 Å². The van der Waals surface area contributed by atoms with Gasteiger partial charge in [-0.15, -0.1) is 0 Å². The third kappa shape index (κ3) is 3.00. The van der Waals surface area contributed by atoms with E-state index in [1.54, 1.807) is 19.5 Å². The fraction of sp³-hybridized carbons (Fsp3) is 0.385. The Balaban J connectivity index is 2.04. The molecule has 0 saturated heterocycles. The maximum Gasteiger partial charge on any atom is 0.224 e. The summed E-state index contributed by atoms with van der Waals surface area (Å²) in [6.45, 7) is 4.09. The van der Waals surface area contributed by atoms with Gasteiger partial charge in [-0.3, -0.25) is 0 Å². The van der Waals surface area contributed by atoms with Crippen LogP contribution in [0.3, 0.4) is 0 Å². The minimum absolute atomic E-state index is 0.245. The van der Waals surface area contributed by atoms with Crippen molar-refractivity contribution in [2.24, 2.45) is 0 Å². The topological polar surface area (TPSA) is 63.0 Å². The molecule has 1 atom stereocenters. The van der Waals surface area contributed by atoms with E-state index in [1.165, 1.54) is 0 Å². The summed E-state index contributed by atoms with van der Waals surface area (Å²) in [5.41, 5.74) is 1.03. The fourth-order valence-electron chi connectivity index (χ4n) is 1.72. The molecule has 0 radical (unpaired) electrons. The molecule has 0 spiro atoms.